The molecule has 5 aromatic rings. The van der Waals surface area contributed by atoms with Crippen LogP contribution >= 0.6 is 22.7 Å². The molecule has 0 saturated heterocycles. The van der Waals surface area contributed by atoms with Gasteiger partial charge in [-0.3, -0.25) is 0 Å². The van der Waals surface area contributed by atoms with Crippen LogP contribution in [0.25, 0.3) is 39.7 Å². The van der Waals surface area contributed by atoms with Crippen molar-refractivity contribution in [2.45, 2.75) is 13.8 Å². The van der Waals surface area contributed by atoms with E-state index in [4.69, 9.17) is 0 Å². The molecule has 0 N–H and O–H groups in total. The second-order valence-electron chi connectivity index (χ2n) is 5.20. The molecule has 0 aliphatic carbocycles. The summed E-state index contributed by atoms with van der Waals surface area (Å²) in [4.78, 5) is 9.26. The summed E-state index contributed by atoms with van der Waals surface area (Å²) in [7, 11) is 0. The van der Waals surface area contributed by atoms with E-state index < -0.39 is 0 Å². The molecule has 5 rings (SSSR count). The van der Waals surface area contributed by atoms with Gasteiger partial charge in [-0.05, 0) is 0 Å². The Morgan fingerprint density at radius 2 is 1.24 bits per heavy atom. The Labute approximate surface area is 134 Å². The van der Waals surface area contributed by atoms with Crippen LogP contribution in [-0.4, -0.2) is 24.5 Å². The Morgan fingerprint density at radius 1 is 0.762 bits per heavy atom. The molecule has 21 heavy (non-hydrogen) atoms. The van der Waals surface area contributed by atoms with Crippen molar-refractivity contribution < 1.29 is 0 Å². The summed E-state index contributed by atoms with van der Waals surface area (Å²) in [5.41, 5.74) is 2.31. The molecule has 3 heterocycles. The maximum atomic E-state index is 4.63. The van der Waals surface area contributed by atoms with E-state index in [2.05, 4.69) is 48.1 Å². The van der Waals surface area contributed by atoms with E-state index in [-0.39, 0.29) is 0 Å². The predicted molar refractivity (Wildman–Crippen MR) is 94.2 cm³/mol. The van der Waals surface area contributed by atoms with E-state index in [1.54, 1.807) is 22.7 Å². The Hall–Kier alpha value is -1.26. The van der Waals surface area contributed by atoms with Gasteiger partial charge in [-0.1, -0.05) is 0 Å². The molecule has 0 radical (unpaired) electrons. The summed E-state index contributed by atoms with van der Waals surface area (Å²) in [6, 6.07) is 9.26. The van der Waals surface area contributed by atoms with Crippen LogP contribution in [-0.2, 0) is 0 Å². The third-order valence-electron chi connectivity index (χ3n) is 3.70. The van der Waals surface area contributed by atoms with E-state index in [9.17, 15) is 0 Å². The van der Waals surface area contributed by atoms with Crippen LogP contribution in [0, 0.1) is 13.8 Å². The van der Waals surface area contributed by atoms with Crippen molar-refractivity contribution in [1.82, 2.24) is 9.97 Å². The van der Waals surface area contributed by atoms with Crippen molar-refractivity contribution in [1.29, 1.82) is 0 Å². The molecule has 0 amide bonds. The Balaban J connectivity index is 1.97. The zero-order valence-corrected chi connectivity index (χ0v) is 14.8. The van der Waals surface area contributed by atoms with E-state index in [1.165, 1.54) is 28.7 Å². The number of fused-ring (bicyclic) bond motifs is 5. The molecule has 0 aliphatic heterocycles. The third kappa shape index (κ3) is 1.75. The summed E-state index contributed by atoms with van der Waals surface area (Å²) in [6.45, 7) is 4.16. The number of hydrogen-bond donors (Lipinski definition) is 0. The van der Waals surface area contributed by atoms with Crippen LogP contribution in [0.2, 0.25) is 0 Å². The van der Waals surface area contributed by atoms with Gasteiger partial charge in [-0.2, -0.15) is 0 Å². The molecule has 0 aliphatic rings. The quantitative estimate of drug-likeness (QED) is 0.361. The van der Waals surface area contributed by atoms with E-state index in [0.29, 0.717) is 14.5 Å². The molecule has 2 nitrogen and oxygen atoms in total. The van der Waals surface area contributed by atoms with Crippen molar-refractivity contribution in [3.05, 3.63) is 34.3 Å². The van der Waals surface area contributed by atoms with Gasteiger partial charge in [0.15, 0.2) is 0 Å². The first-order valence-corrected chi connectivity index (χ1v) is 10.0. The van der Waals surface area contributed by atoms with Gasteiger partial charge in [-0.25, -0.2) is 0 Å². The van der Waals surface area contributed by atoms with Gasteiger partial charge in [0.2, 0.25) is 0 Å². The standard InChI is InChI=1S/C16H10N2S2Se/c1-7-17-11-5-15-9(3-13(11)19-7)10-4-14-12(6-16(10)21-15)18-8(2)20-14/h3-6H,1-2H3. The number of aromatic nitrogens is 2. The van der Waals surface area contributed by atoms with E-state index in [0.717, 1.165) is 21.0 Å². The van der Waals surface area contributed by atoms with Crippen molar-refractivity contribution in [3.8, 4) is 0 Å². The molecule has 0 unspecified atom stereocenters. The number of thiazole rings is 2. The number of hydrogen-bond acceptors (Lipinski definition) is 4. The van der Waals surface area contributed by atoms with Crippen molar-refractivity contribution in [3.63, 3.8) is 0 Å². The van der Waals surface area contributed by atoms with Crippen LogP contribution in [0.1, 0.15) is 10.0 Å². The molecule has 2 aromatic carbocycles. The monoisotopic (exact) mass is 374 g/mol. The first kappa shape index (κ1) is 12.3. The SMILES string of the molecule is Cc1nc2cc3[se]c4cc5nc(C)sc5cc4c3cc2s1. The van der Waals surface area contributed by atoms with Crippen LogP contribution in [0.4, 0.5) is 0 Å². The molecule has 0 bridgehead atoms. The number of nitrogens with zero attached hydrogens (tertiary/aromatic N) is 2. The minimum atomic E-state index is 0.377. The zero-order chi connectivity index (χ0) is 14.1. The molecule has 3 aromatic heterocycles. The first-order chi connectivity index (χ1) is 10.2. The summed E-state index contributed by atoms with van der Waals surface area (Å²) < 4.78 is 5.53. The molecule has 5 heteroatoms. The summed E-state index contributed by atoms with van der Waals surface area (Å²) in [5, 5.41) is 5.12. The zero-order valence-electron chi connectivity index (χ0n) is 11.4. The Morgan fingerprint density at radius 3 is 1.71 bits per heavy atom. The van der Waals surface area contributed by atoms with Crippen LogP contribution in [0.15, 0.2) is 24.3 Å². The fourth-order valence-corrected chi connectivity index (χ4v) is 6.93. The average Bonchev–Trinajstić information content (AvgIpc) is 3.05. The molecule has 102 valence electrons. The summed E-state index contributed by atoms with van der Waals surface area (Å²) in [5.74, 6) is 0. The molecule has 0 spiro atoms. The maximum absolute atomic E-state index is 4.63. The van der Waals surface area contributed by atoms with Gasteiger partial charge in [0.05, 0.1) is 0 Å². The van der Waals surface area contributed by atoms with Gasteiger partial charge < -0.3 is 0 Å². The van der Waals surface area contributed by atoms with Gasteiger partial charge in [0, 0.05) is 0 Å². The Bertz CT molecular complexity index is 1070. The topological polar surface area (TPSA) is 25.8 Å². The second-order valence-corrected chi connectivity index (χ2v) is 9.94. The van der Waals surface area contributed by atoms with Crippen molar-refractivity contribution in [2.75, 3.05) is 0 Å². The van der Waals surface area contributed by atoms with Crippen LogP contribution < -0.4 is 0 Å². The summed E-state index contributed by atoms with van der Waals surface area (Å²) >= 11 is 3.95. The van der Waals surface area contributed by atoms with Gasteiger partial charge in [-0.15, -0.1) is 0 Å². The fourth-order valence-electron chi connectivity index (χ4n) is 2.85. The van der Waals surface area contributed by atoms with Crippen molar-refractivity contribution in [2.24, 2.45) is 0 Å². The Kier molecular flexibility index (Phi) is 2.43. The van der Waals surface area contributed by atoms with Gasteiger partial charge in [0.25, 0.3) is 0 Å². The average molecular weight is 373 g/mol. The van der Waals surface area contributed by atoms with Crippen LogP contribution in [0.5, 0.6) is 0 Å². The predicted octanol–water partition coefficient (Wildman–Crippen LogP) is 4.89. The number of benzene rings is 2. The molecular formula is C16H10N2S2Se. The summed E-state index contributed by atoms with van der Waals surface area (Å²) in [6.07, 6.45) is 0. The van der Waals surface area contributed by atoms with E-state index >= 15 is 0 Å². The molecule has 0 atom stereocenters. The van der Waals surface area contributed by atoms with Gasteiger partial charge >= 0.3 is 135 Å². The molecule has 0 saturated carbocycles. The number of aryl methyl sites for hydroxylation is 2. The normalized spacial score (nSPS) is 12.3. The third-order valence-corrected chi connectivity index (χ3v) is 7.91. The molecule has 0 fully saturated rings. The fraction of sp³-hybridized carbons (Fsp3) is 0.125. The number of rotatable bonds is 0. The first-order valence-electron chi connectivity index (χ1n) is 6.68. The van der Waals surface area contributed by atoms with Crippen molar-refractivity contribution >= 4 is 76.9 Å². The van der Waals surface area contributed by atoms with E-state index in [1.807, 2.05) is 0 Å². The minimum absolute atomic E-state index is 0.377. The molecular weight excluding hydrogens is 363 g/mol. The second kappa shape index (κ2) is 4.14. The van der Waals surface area contributed by atoms with Crippen LogP contribution in [0.3, 0.4) is 0 Å². The van der Waals surface area contributed by atoms with Gasteiger partial charge in [0.1, 0.15) is 0 Å².